The minimum atomic E-state index is -0.459. The van der Waals surface area contributed by atoms with Crippen molar-refractivity contribution >= 4 is 29.5 Å². The molecule has 5 nitrogen and oxygen atoms in total. The van der Waals surface area contributed by atoms with Crippen molar-refractivity contribution in [1.82, 2.24) is 15.1 Å². The number of ether oxygens (including phenoxy) is 1. The minimum absolute atomic E-state index is 0.183. The number of rotatable bonds is 3. The van der Waals surface area contributed by atoms with Gasteiger partial charge in [-0.15, -0.1) is 22.0 Å². The Morgan fingerprint density at radius 1 is 1.48 bits per heavy atom. The third-order valence-corrected chi connectivity index (χ3v) is 4.30. The molecule has 7 heteroatoms. The second kappa shape index (κ2) is 6.83. The molecule has 0 aromatic carbocycles. The zero-order valence-corrected chi connectivity index (χ0v) is 14.1. The molecule has 21 heavy (non-hydrogen) atoms. The van der Waals surface area contributed by atoms with E-state index >= 15 is 0 Å². The van der Waals surface area contributed by atoms with Gasteiger partial charge in [0.25, 0.3) is 0 Å². The average Bonchev–Trinajstić information content (AvgIpc) is 2.84. The number of halogens is 1. The van der Waals surface area contributed by atoms with Crippen LogP contribution in [0.5, 0.6) is 0 Å². The van der Waals surface area contributed by atoms with E-state index in [1.807, 2.05) is 31.7 Å². The molecule has 1 aliphatic heterocycles. The van der Waals surface area contributed by atoms with Crippen molar-refractivity contribution in [3.8, 4) is 0 Å². The topological polar surface area (TPSA) is 55.3 Å². The molecule has 1 amide bonds. The van der Waals surface area contributed by atoms with Gasteiger partial charge in [0.05, 0.1) is 0 Å². The normalized spacial score (nSPS) is 18.9. The van der Waals surface area contributed by atoms with Gasteiger partial charge in [0, 0.05) is 18.3 Å². The van der Waals surface area contributed by atoms with Gasteiger partial charge in [-0.3, -0.25) is 0 Å². The van der Waals surface area contributed by atoms with Gasteiger partial charge in [0.1, 0.15) is 10.6 Å². The smallest absolute Gasteiger partial charge is 0.410 e. The Kier molecular flexibility index (Phi) is 5.32. The molecular weight excluding hydrogens is 310 g/mol. The fraction of sp³-hybridized carbons (Fsp3) is 0.643. The van der Waals surface area contributed by atoms with Gasteiger partial charge in [-0.2, -0.15) is 0 Å². The highest BCUT2D eigenvalue weighted by molar-refractivity contribution is 7.99. The number of amides is 1. The number of likely N-dealkylation sites (tertiary alicyclic amines) is 1. The van der Waals surface area contributed by atoms with Crippen LogP contribution in [-0.2, 0) is 4.74 Å². The van der Waals surface area contributed by atoms with Crippen molar-refractivity contribution in [3.05, 3.63) is 17.3 Å². The lowest BCUT2D eigenvalue weighted by molar-refractivity contribution is 0.0242. The molecule has 0 spiro atoms. The Morgan fingerprint density at radius 3 is 2.86 bits per heavy atom. The molecule has 0 unspecified atom stereocenters. The third-order valence-electron chi connectivity index (χ3n) is 3.04. The maximum absolute atomic E-state index is 12.2. The molecule has 1 fully saturated rings. The number of thioether (sulfide) groups is 1. The third kappa shape index (κ3) is 5.04. The van der Waals surface area contributed by atoms with Crippen LogP contribution in [0.25, 0.3) is 0 Å². The van der Waals surface area contributed by atoms with Crippen molar-refractivity contribution in [2.45, 2.75) is 50.3 Å². The van der Waals surface area contributed by atoms with Gasteiger partial charge >= 0.3 is 6.09 Å². The van der Waals surface area contributed by atoms with Crippen molar-refractivity contribution in [2.75, 3.05) is 12.3 Å². The lowest BCUT2D eigenvalue weighted by atomic mass is 10.2. The monoisotopic (exact) mass is 329 g/mol. The van der Waals surface area contributed by atoms with Crippen LogP contribution in [-0.4, -0.2) is 45.1 Å². The van der Waals surface area contributed by atoms with Crippen molar-refractivity contribution in [1.29, 1.82) is 0 Å². The molecule has 0 radical (unpaired) electrons. The van der Waals surface area contributed by atoms with Crippen LogP contribution in [0.15, 0.2) is 17.2 Å². The molecule has 0 aliphatic carbocycles. The Bertz CT molecular complexity index is 490. The molecule has 1 aliphatic rings. The van der Waals surface area contributed by atoms with Crippen molar-refractivity contribution in [3.63, 3.8) is 0 Å². The summed E-state index contributed by atoms with van der Waals surface area (Å²) in [5.41, 5.74) is -0.459. The first kappa shape index (κ1) is 16.4. The van der Waals surface area contributed by atoms with Crippen LogP contribution in [0.4, 0.5) is 4.79 Å². The average molecular weight is 330 g/mol. The molecule has 1 atom stereocenters. The molecule has 1 saturated heterocycles. The van der Waals surface area contributed by atoms with E-state index in [4.69, 9.17) is 16.3 Å². The first-order valence-electron chi connectivity index (χ1n) is 6.97. The minimum Gasteiger partial charge on any atom is -0.444 e. The number of carbonyl (C=O) groups is 1. The number of hydrogen-bond acceptors (Lipinski definition) is 5. The first-order chi connectivity index (χ1) is 9.85. The van der Waals surface area contributed by atoms with E-state index in [1.165, 1.54) is 0 Å². The van der Waals surface area contributed by atoms with E-state index in [-0.39, 0.29) is 12.1 Å². The van der Waals surface area contributed by atoms with Crippen LogP contribution < -0.4 is 0 Å². The van der Waals surface area contributed by atoms with Gasteiger partial charge in [-0.1, -0.05) is 11.6 Å². The van der Waals surface area contributed by atoms with E-state index in [0.717, 1.165) is 30.2 Å². The van der Waals surface area contributed by atoms with Gasteiger partial charge in [-0.05, 0) is 45.7 Å². The summed E-state index contributed by atoms with van der Waals surface area (Å²) in [6.45, 7) is 6.41. The highest BCUT2D eigenvalue weighted by Gasteiger charge is 2.32. The summed E-state index contributed by atoms with van der Waals surface area (Å²) < 4.78 is 5.45. The largest absolute Gasteiger partial charge is 0.444 e. The molecule has 0 saturated carbocycles. The lowest BCUT2D eigenvalue weighted by Crippen LogP contribution is -2.40. The van der Waals surface area contributed by atoms with Gasteiger partial charge in [0.15, 0.2) is 5.15 Å². The molecule has 1 aromatic heterocycles. The number of aromatic nitrogens is 2. The van der Waals surface area contributed by atoms with Crippen LogP contribution >= 0.6 is 23.4 Å². The summed E-state index contributed by atoms with van der Waals surface area (Å²) in [5, 5.41) is 9.03. The Balaban J connectivity index is 1.90. The quantitative estimate of drug-likeness (QED) is 0.793. The van der Waals surface area contributed by atoms with Crippen molar-refractivity contribution in [2.24, 2.45) is 0 Å². The molecule has 1 aromatic rings. The summed E-state index contributed by atoms with van der Waals surface area (Å²) in [5.74, 6) is 0.787. The molecule has 2 heterocycles. The van der Waals surface area contributed by atoms with Crippen LogP contribution in [0.1, 0.15) is 33.6 Å². The number of nitrogens with zero attached hydrogens (tertiary/aromatic N) is 3. The Morgan fingerprint density at radius 2 is 2.24 bits per heavy atom. The predicted molar refractivity (Wildman–Crippen MR) is 83.7 cm³/mol. The first-order valence-corrected chi connectivity index (χ1v) is 8.33. The Hall–Kier alpha value is -1.01. The molecule has 0 N–H and O–H groups in total. The summed E-state index contributed by atoms with van der Waals surface area (Å²) in [4.78, 5) is 14.0. The fourth-order valence-electron chi connectivity index (χ4n) is 2.13. The van der Waals surface area contributed by atoms with E-state index in [2.05, 4.69) is 10.2 Å². The van der Waals surface area contributed by atoms with E-state index in [9.17, 15) is 4.79 Å². The second-order valence-corrected chi connectivity index (χ2v) is 7.40. The maximum Gasteiger partial charge on any atom is 0.410 e. The standard InChI is InChI=1S/C14H20ClN3O2S/c1-14(2,3)20-13(19)18-8-4-5-10(18)9-21-12-7-6-11(15)16-17-12/h6-7,10H,4-5,8-9H2,1-3H3/t10-/m0/s1. The molecule has 0 bridgehead atoms. The van der Waals surface area contributed by atoms with E-state index in [1.54, 1.807) is 17.8 Å². The van der Waals surface area contributed by atoms with Gasteiger partial charge < -0.3 is 9.64 Å². The van der Waals surface area contributed by atoms with E-state index in [0.29, 0.717) is 5.15 Å². The van der Waals surface area contributed by atoms with Crippen molar-refractivity contribution < 1.29 is 9.53 Å². The van der Waals surface area contributed by atoms with Gasteiger partial charge in [-0.25, -0.2) is 4.79 Å². The number of hydrogen-bond donors (Lipinski definition) is 0. The summed E-state index contributed by atoms with van der Waals surface area (Å²) in [6.07, 6.45) is 1.78. The van der Waals surface area contributed by atoms with Crippen LogP contribution in [0.2, 0.25) is 5.15 Å². The van der Waals surface area contributed by atoms with Crippen LogP contribution in [0, 0.1) is 0 Å². The summed E-state index contributed by atoms with van der Waals surface area (Å²) in [7, 11) is 0. The molecule has 116 valence electrons. The zero-order chi connectivity index (χ0) is 15.5. The van der Waals surface area contributed by atoms with Crippen LogP contribution in [0.3, 0.4) is 0 Å². The highest BCUT2D eigenvalue weighted by atomic mass is 35.5. The maximum atomic E-state index is 12.2. The fourth-order valence-corrected chi connectivity index (χ4v) is 3.21. The summed E-state index contributed by atoms with van der Waals surface area (Å²) in [6, 6.07) is 3.74. The van der Waals surface area contributed by atoms with Gasteiger partial charge in [0.2, 0.25) is 0 Å². The second-order valence-electron chi connectivity index (χ2n) is 5.98. The molecular formula is C14H20ClN3O2S. The SMILES string of the molecule is CC(C)(C)OC(=O)N1CCC[C@H]1CSc1ccc(Cl)nn1. The Labute approximate surface area is 134 Å². The van der Waals surface area contributed by atoms with E-state index < -0.39 is 5.60 Å². The number of carbonyl (C=O) groups excluding carboxylic acids is 1. The molecule has 2 rings (SSSR count). The lowest BCUT2D eigenvalue weighted by Gasteiger charge is -2.28. The predicted octanol–water partition coefficient (Wildman–Crippen LogP) is 3.62. The summed E-state index contributed by atoms with van der Waals surface area (Å²) >= 11 is 7.30. The zero-order valence-electron chi connectivity index (χ0n) is 12.5. The highest BCUT2D eigenvalue weighted by Crippen LogP contribution is 2.26.